The lowest BCUT2D eigenvalue weighted by molar-refractivity contribution is -0.138. The van der Waals surface area contributed by atoms with Crippen molar-refractivity contribution in [2.75, 3.05) is 12.0 Å². The summed E-state index contributed by atoms with van der Waals surface area (Å²) in [4.78, 5) is 0. The molecule has 1 aromatic carbocycles. The first-order valence-electron chi connectivity index (χ1n) is 5.70. The fourth-order valence-electron chi connectivity index (χ4n) is 1.80. The molecule has 0 bridgehead atoms. The van der Waals surface area contributed by atoms with Gasteiger partial charge in [0.05, 0.1) is 5.56 Å². The average molecular weight is 295 g/mol. The summed E-state index contributed by atoms with van der Waals surface area (Å²) in [6, 6.07) is 4.27. The van der Waals surface area contributed by atoms with E-state index in [1.165, 1.54) is 18.2 Å². The van der Waals surface area contributed by atoms with E-state index in [0.717, 1.165) is 12.3 Å². The Hall–Kier alpha value is -1.08. The third kappa shape index (κ3) is 5.20. The Morgan fingerprint density at radius 1 is 1.26 bits per heavy atom. The van der Waals surface area contributed by atoms with Crippen LogP contribution in [0.5, 0.6) is 0 Å². The zero-order chi connectivity index (χ0) is 14.7. The molecule has 0 aliphatic carbocycles. The SMILES string of the molecule is CS(=O)(=O)CCCC(N)c1ccccc1C(F)(F)F. The number of sulfone groups is 1. The van der Waals surface area contributed by atoms with Crippen LogP contribution in [0.1, 0.15) is 30.0 Å². The van der Waals surface area contributed by atoms with Gasteiger partial charge in [0.2, 0.25) is 0 Å². The Bertz CT molecular complexity index is 526. The predicted molar refractivity (Wildman–Crippen MR) is 67.3 cm³/mol. The highest BCUT2D eigenvalue weighted by molar-refractivity contribution is 7.90. The molecule has 1 rings (SSSR count). The Balaban J connectivity index is 2.80. The van der Waals surface area contributed by atoms with E-state index < -0.39 is 27.6 Å². The molecular formula is C12H16F3NO2S. The first kappa shape index (κ1) is 16.0. The number of nitrogens with two attached hydrogens (primary N) is 1. The van der Waals surface area contributed by atoms with E-state index in [-0.39, 0.29) is 24.2 Å². The third-order valence-corrected chi connectivity index (χ3v) is 3.73. The summed E-state index contributed by atoms with van der Waals surface area (Å²) in [7, 11) is -3.12. The average Bonchev–Trinajstić information content (AvgIpc) is 2.26. The van der Waals surface area contributed by atoms with Crippen molar-refractivity contribution in [1.82, 2.24) is 0 Å². The molecule has 0 spiro atoms. The monoisotopic (exact) mass is 295 g/mol. The van der Waals surface area contributed by atoms with Gasteiger partial charge >= 0.3 is 6.18 Å². The van der Waals surface area contributed by atoms with Crippen molar-refractivity contribution in [3.05, 3.63) is 35.4 Å². The molecule has 108 valence electrons. The molecule has 0 saturated carbocycles. The van der Waals surface area contributed by atoms with Gasteiger partial charge in [-0.3, -0.25) is 0 Å². The van der Waals surface area contributed by atoms with Crippen molar-refractivity contribution in [3.8, 4) is 0 Å². The molecule has 19 heavy (non-hydrogen) atoms. The molecule has 2 N–H and O–H groups in total. The Kier molecular flexibility index (Phi) is 4.98. The van der Waals surface area contributed by atoms with Crippen molar-refractivity contribution >= 4 is 9.84 Å². The molecule has 1 unspecified atom stereocenters. The smallest absolute Gasteiger partial charge is 0.324 e. The first-order chi connectivity index (χ1) is 8.61. The third-order valence-electron chi connectivity index (χ3n) is 2.70. The van der Waals surface area contributed by atoms with Crippen LogP contribution in [0.4, 0.5) is 13.2 Å². The summed E-state index contributed by atoms with van der Waals surface area (Å²) in [5.41, 5.74) is 4.97. The molecule has 0 amide bonds. The van der Waals surface area contributed by atoms with Gasteiger partial charge in [-0.2, -0.15) is 13.2 Å². The van der Waals surface area contributed by atoms with Crippen LogP contribution < -0.4 is 5.73 Å². The fourth-order valence-corrected chi connectivity index (χ4v) is 2.49. The van der Waals surface area contributed by atoms with Gasteiger partial charge in [-0.15, -0.1) is 0 Å². The number of rotatable bonds is 5. The van der Waals surface area contributed by atoms with Gasteiger partial charge in [0.1, 0.15) is 9.84 Å². The van der Waals surface area contributed by atoms with E-state index in [9.17, 15) is 21.6 Å². The summed E-state index contributed by atoms with van der Waals surface area (Å²) in [6.45, 7) is 0. The van der Waals surface area contributed by atoms with Crippen molar-refractivity contribution in [3.63, 3.8) is 0 Å². The second-order valence-electron chi connectivity index (χ2n) is 4.46. The van der Waals surface area contributed by atoms with Gasteiger partial charge in [-0.25, -0.2) is 8.42 Å². The molecule has 1 aromatic rings. The van der Waals surface area contributed by atoms with E-state index >= 15 is 0 Å². The molecule has 0 radical (unpaired) electrons. The number of hydrogen-bond acceptors (Lipinski definition) is 3. The highest BCUT2D eigenvalue weighted by atomic mass is 32.2. The lowest BCUT2D eigenvalue weighted by Crippen LogP contribution is -2.18. The fraction of sp³-hybridized carbons (Fsp3) is 0.500. The normalized spacial score (nSPS) is 14.4. The number of hydrogen-bond donors (Lipinski definition) is 1. The minimum absolute atomic E-state index is 0.00324. The molecule has 0 fully saturated rings. The van der Waals surface area contributed by atoms with Crippen LogP contribution in [0, 0.1) is 0 Å². The number of alkyl halides is 3. The van der Waals surface area contributed by atoms with Crippen molar-refractivity contribution in [1.29, 1.82) is 0 Å². The zero-order valence-corrected chi connectivity index (χ0v) is 11.3. The second kappa shape index (κ2) is 5.92. The maximum absolute atomic E-state index is 12.8. The summed E-state index contributed by atoms with van der Waals surface area (Å²) >= 11 is 0. The van der Waals surface area contributed by atoms with E-state index in [1.54, 1.807) is 0 Å². The molecule has 0 heterocycles. The van der Waals surface area contributed by atoms with E-state index in [2.05, 4.69) is 0 Å². The second-order valence-corrected chi connectivity index (χ2v) is 6.72. The standard InChI is InChI=1S/C12H16F3NO2S/c1-19(17,18)8-4-7-11(16)9-5-2-3-6-10(9)12(13,14)15/h2-3,5-6,11H,4,7-8,16H2,1H3. The van der Waals surface area contributed by atoms with Gasteiger partial charge in [-0.05, 0) is 24.5 Å². The Morgan fingerprint density at radius 3 is 2.37 bits per heavy atom. The quantitative estimate of drug-likeness (QED) is 0.908. The molecule has 0 aromatic heterocycles. The van der Waals surface area contributed by atoms with E-state index in [0.29, 0.717) is 0 Å². The van der Waals surface area contributed by atoms with E-state index in [4.69, 9.17) is 5.73 Å². The lowest BCUT2D eigenvalue weighted by Gasteiger charge is -2.18. The zero-order valence-electron chi connectivity index (χ0n) is 10.4. The van der Waals surface area contributed by atoms with Gasteiger partial charge in [0.25, 0.3) is 0 Å². The maximum Gasteiger partial charge on any atom is 0.416 e. The summed E-state index contributed by atoms with van der Waals surface area (Å²) < 4.78 is 60.2. The van der Waals surface area contributed by atoms with Gasteiger partial charge in [-0.1, -0.05) is 18.2 Å². The minimum atomic E-state index is -4.45. The molecule has 0 aliphatic heterocycles. The molecule has 0 saturated heterocycles. The molecule has 3 nitrogen and oxygen atoms in total. The molecule has 0 aliphatic rings. The lowest BCUT2D eigenvalue weighted by atomic mass is 9.97. The first-order valence-corrected chi connectivity index (χ1v) is 7.77. The van der Waals surface area contributed by atoms with Crippen LogP contribution in [0.15, 0.2) is 24.3 Å². The Labute approximate surface area is 110 Å². The predicted octanol–water partition coefficient (Wildman–Crippen LogP) is 2.53. The summed E-state index contributed by atoms with van der Waals surface area (Å²) in [5, 5.41) is 0. The van der Waals surface area contributed by atoms with E-state index in [1.807, 2.05) is 0 Å². The van der Waals surface area contributed by atoms with Crippen LogP contribution in [0.2, 0.25) is 0 Å². The topological polar surface area (TPSA) is 60.2 Å². The van der Waals surface area contributed by atoms with Crippen LogP contribution in [0.3, 0.4) is 0 Å². The highest BCUT2D eigenvalue weighted by Crippen LogP contribution is 2.34. The van der Waals surface area contributed by atoms with Crippen molar-refractivity contribution < 1.29 is 21.6 Å². The van der Waals surface area contributed by atoms with Crippen molar-refractivity contribution in [2.24, 2.45) is 5.73 Å². The molecular weight excluding hydrogens is 279 g/mol. The number of halogens is 3. The van der Waals surface area contributed by atoms with Gasteiger partial charge in [0, 0.05) is 18.1 Å². The van der Waals surface area contributed by atoms with Gasteiger partial charge in [0.15, 0.2) is 0 Å². The van der Waals surface area contributed by atoms with Crippen molar-refractivity contribution in [2.45, 2.75) is 25.1 Å². The largest absolute Gasteiger partial charge is 0.416 e. The maximum atomic E-state index is 12.8. The molecule has 7 heteroatoms. The number of benzene rings is 1. The minimum Gasteiger partial charge on any atom is -0.324 e. The molecule has 1 atom stereocenters. The van der Waals surface area contributed by atoms with Gasteiger partial charge < -0.3 is 5.73 Å². The van der Waals surface area contributed by atoms with Crippen LogP contribution in [0.25, 0.3) is 0 Å². The van der Waals surface area contributed by atoms with Crippen LogP contribution in [-0.2, 0) is 16.0 Å². The van der Waals surface area contributed by atoms with Crippen LogP contribution >= 0.6 is 0 Å². The summed E-state index contributed by atoms with van der Waals surface area (Å²) in [5.74, 6) is -0.0745. The Morgan fingerprint density at radius 2 is 1.84 bits per heavy atom. The summed E-state index contributed by atoms with van der Waals surface area (Å²) in [6.07, 6.45) is -2.93. The highest BCUT2D eigenvalue weighted by Gasteiger charge is 2.34. The van der Waals surface area contributed by atoms with Crippen LogP contribution in [-0.4, -0.2) is 20.4 Å².